The van der Waals surface area contributed by atoms with E-state index in [2.05, 4.69) is 51.8 Å². The molecule has 0 heterocycles. The van der Waals surface area contributed by atoms with E-state index in [9.17, 15) is 0 Å². The van der Waals surface area contributed by atoms with E-state index in [0.29, 0.717) is 0 Å². The summed E-state index contributed by atoms with van der Waals surface area (Å²) in [5, 5.41) is 6.63. The van der Waals surface area contributed by atoms with E-state index in [-0.39, 0.29) is 24.0 Å². The monoisotopic (exact) mass is 434 g/mol. The zero-order chi connectivity index (χ0) is 16.0. The zero-order valence-corrected chi connectivity index (χ0v) is 16.9. The van der Waals surface area contributed by atoms with E-state index in [0.717, 1.165) is 51.8 Å². The number of benzene rings is 1. The molecule has 0 atom stereocenters. The number of hydrogen-bond donors (Lipinski definition) is 2. The number of hydrogen-bond acceptors (Lipinski definition) is 3. The highest BCUT2D eigenvalue weighted by Gasteiger charge is 2.01. The Morgan fingerprint density at radius 1 is 1.17 bits per heavy atom. The van der Waals surface area contributed by atoms with Gasteiger partial charge in [0.2, 0.25) is 0 Å². The van der Waals surface area contributed by atoms with Crippen LogP contribution in [0.25, 0.3) is 0 Å². The van der Waals surface area contributed by atoms with E-state index in [1.165, 1.54) is 5.56 Å². The molecule has 0 saturated heterocycles. The van der Waals surface area contributed by atoms with Gasteiger partial charge in [0.1, 0.15) is 0 Å². The highest BCUT2D eigenvalue weighted by molar-refractivity contribution is 14.0. The van der Waals surface area contributed by atoms with Crippen molar-refractivity contribution in [1.29, 1.82) is 0 Å². The first kappa shape index (κ1) is 22.1. The Morgan fingerprint density at radius 3 is 2.52 bits per heavy atom. The predicted octanol–water partition coefficient (Wildman–Crippen LogP) is 2.33. The summed E-state index contributed by atoms with van der Waals surface area (Å²) in [6.07, 6.45) is 0.989. The van der Waals surface area contributed by atoms with Crippen molar-refractivity contribution in [2.75, 3.05) is 46.9 Å². The van der Waals surface area contributed by atoms with Crippen LogP contribution in [0.2, 0.25) is 0 Å². The van der Waals surface area contributed by atoms with E-state index in [4.69, 9.17) is 4.74 Å². The summed E-state index contributed by atoms with van der Waals surface area (Å²) in [5.74, 6) is 0.851. The molecule has 0 radical (unpaired) electrons. The Balaban J connectivity index is 0.00000484. The lowest BCUT2D eigenvalue weighted by Gasteiger charge is -2.18. The van der Waals surface area contributed by atoms with Gasteiger partial charge in [0, 0.05) is 46.4 Å². The minimum atomic E-state index is 0. The number of guanidine groups is 1. The fourth-order valence-corrected chi connectivity index (χ4v) is 2.09. The quantitative estimate of drug-likeness (QED) is 0.257. The summed E-state index contributed by atoms with van der Waals surface area (Å²) in [6.45, 7) is 7.26. The molecular weight excluding hydrogens is 403 g/mol. The Morgan fingerprint density at radius 2 is 1.87 bits per heavy atom. The van der Waals surface area contributed by atoms with Crippen LogP contribution in [0.5, 0.6) is 0 Å². The van der Waals surface area contributed by atoms with Crippen molar-refractivity contribution in [3.05, 3.63) is 35.9 Å². The van der Waals surface area contributed by atoms with Crippen LogP contribution in [0.15, 0.2) is 35.3 Å². The Bertz CT molecular complexity index is 414. The van der Waals surface area contributed by atoms with Gasteiger partial charge in [0.25, 0.3) is 0 Å². The number of rotatable bonds is 10. The predicted molar refractivity (Wildman–Crippen MR) is 109 cm³/mol. The van der Waals surface area contributed by atoms with Crippen molar-refractivity contribution in [2.24, 2.45) is 4.99 Å². The number of aliphatic imine (C=N–C) groups is 1. The van der Waals surface area contributed by atoms with Crippen LogP contribution in [-0.2, 0) is 11.3 Å². The first-order chi connectivity index (χ1) is 10.8. The number of nitrogens with zero attached hydrogens (tertiary/aromatic N) is 2. The second kappa shape index (κ2) is 14.7. The van der Waals surface area contributed by atoms with Gasteiger partial charge in [0.05, 0.1) is 0 Å². The second-order valence-electron chi connectivity index (χ2n) is 5.20. The lowest BCUT2D eigenvalue weighted by molar-refractivity contribution is 0.145. The Labute approximate surface area is 157 Å². The van der Waals surface area contributed by atoms with Gasteiger partial charge >= 0.3 is 0 Å². The fraction of sp³-hybridized carbons (Fsp3) is 0.588. The maximum absolute atomic E-state index is 5.31. The van der Waals surface area contributed by atoms with E-state index < -0.39 is 0 Å². The fourth-order valence-electron chi connectivity index (χ4n) is 2.09. The SMILES string of the molecule is CCOCCCNC(=NC)NCCN(C)Cc1ccccc1.I. The minimum Gasteiger partial charge on any atom is -0.382 e. The van der Waals surface area contributed by atoms with E-state index in [1.54, 1.807) is 7.05 Å². The molecule has 0 aliphatic carbocycles. The van der Waals surface area contributed by atoms with Gasteiger partial charge < -0.3 is 20.3 Å². The molecule has 1 rings (SSSR count). The molecule has 0 spiro atoms. The van der Waals surface area contributed by atoms with Crippen LogP contribution in [0.1, 0.15) is 18.9 Å². The molecule has 5 nitrogen and oxygen atoms in total. The summed E-state index contributed by atoms with van der Waals surface area (Å²) in [4.78, 5) is 6.52. The third kappa shape index (κ3) is 11.3. The van der Waals surface area contributed by atoms with Gasteiger partial charge in [-0.2, -0.15) is 0 Å². The molecule has 23 heavy (non-hydrogen) atoms. The smallest absolute Gasteiger partial charge is 0.191 e. The van der Waals surface area contributed by atoms with Crippen LogP contribution in [-0.4, -0.2) is 57.8 Å². The number of likely N-dealkylation sites (N-methyl/N-ethyl adjacent to an activating group) is 1. The zero-order valence-electron chi connectivity index (χ0n) is 14.5. The number of halogens is 1. The first-order valence-electron chi connectivity index (χ1n) is 8.01. The molecule has 132 valence electrons. The third-order valence-corrected chi connectivity index (χ3v) is 3.27. The summed E-state index contributed by atoms with van der Waals surface area (Å²) < 4.78 is 5.31. The molecule has 0 aromatic heterocycles. The summed E-state index contributed by atoms with van der Waals surface area (Å²) in [6, 6.07) is 10.5. The first-order valence-corrected chi connectivity index (χ1v) is 8.01. The van der Waals surface area contributed by atoms with Gasteiger partial charge in [-0.25, -0.2) is 0 Å². The second-order valence-corrected chi connectivity index (χ2v) is 5.20. The average molecular weight is 434 g/mol. The third-order valence-electron chi connectivity index (χ3n) is 3.27. The lowest BCUT2D eigenvalue weighted by atomic mass is 10.2. The van der Waals surface area contributed by atoms with Crippen molar-refractivity contribution in [1.82, 2.24) is 15.5 Å². The summed E-state index contributed by atoms with van der Waals surface area (Å²) in [5.41, 5.74) is 1.34. The molecule has 6 heteroatoms. The van der Waals surface area contributed by atoms with Gasteiger partial charge in [0.15, 0.2) is 5.96 Å². The standard InChI is InChI=1S/C17H30N4O.HI/c1-4-22-14-8-11-19-17(18-2)20-12-13-21(3)15-16-9-6-5-7-10-16;/h5-7,9-10H,4,8,11-15H2,1-3H3,(H2,18,19,20);1H. The molecule has 0 aliphatic rings. The summed E-state index contributed by atoms with van der Waals surface area (Å²) >= 11 is 0. The molecule has 0 bridgehead atoms. The van der Waals surface area contributed by atoms with Crippen molar-refractivity contribution >= 4 is 29.9 Å². The van der Waals surface area contributed by atoms with Crippen LogP contribution < -0.4 is 10.6 Å². The molecule has 0 unspecified atom stereocenters. The maximum atomic E-state index is 5.31. The topological polar surface area (TPSA) is 48.9 Å². The highest BCUT2D eigenvalue weighted by Crippen LogP contribution is 2.01. The van der Waals surface area contributed by atoms with Gasteiger partial charge in [-0.1, -0.05) is 30.3 Å². The molecule has 0 aliphatic heterocycles. The maximum Gasteiger partial charge on any atom is 0.191 e. The molecule has 1 aromatic rings. The molecule has 0 saturated carbocycles. The summed E-state index contributed by atoms with van der Waals surface area (Å²) in [7, 11) is 3.93. The average Bonchev–Trinajstić information content (AvgIpc) is 2.54. The molecule has 1 aromatic carbocycles. The van der Waals surface area contributed by atoms with Crippen molar-refractivity contribution < 1.29 is 4.74 Å². The van der Waals surface area contributed by atoms with E-state index in [1.807, 2.05) is 13.0 Å². The normalized spacial score (nSPS) is 11.2. The van der Waals surface area contributed by atoms with Gasteiger partial charge in [-0.15, -0.1) is 24.0 Å². The Hall–Kier alpha value is -0.860. The molecule has 0 fully saturated rings. The van der Waals surface area contributed by atoms with Crippen LogP contribution in [0.4, 0.5) is 0 Å². The molecular formula is C17H31IN4O. The van der Waals surface area contributed by atoms with Gasteiger partial charge in [-0.3, -0.25) is 4.99 Å². The number of ether oxygens (including phenoxy) is 1. The molecule has 2 N–H and O–H groups in total. The van der Waals surface area contributed by atoms with Crippen molar-refractivity contribution in [3.8, 4) is 0 Å². The van der Waals surface area contributed by atoms with Gasteiger partial charge in [-0.05, 0) is 26.0 Å². The highest BCUT2D eigenvalue weighted by atomic mass is 127. The van der Waals surface area contributed by atoms with Crippen molar-refractivity contribution in [2.45, 2.75) is 19.9 Å². The Kier molecular flexibility index (Phi) is 14.2. The largest absolute Gasteiger partial charge is 0.382 e. The van der Waals surface area contributed by atoms with Crippen molar-refractivity contribution in [3.63, 3.8) is 0 Å². The van der Waals surface area contributed by atoms with E-state index >= 15 is 0 Å². The lowest BCUT2D eigenvalue weighted by Crippen LogP contribution is -2.41. The minimum absolute atomic E-state index is 0. The van der Waals surface area contributed by atoms with Crippen LogP contribution in [0, 0.1) is 0 Å². The molecule has 0 amide bonds. The number of nitrogens with one attached hydrogen (secondary N) is 2. The van der Waals surface area contributed by atoms with Crippen LogP contribution in [0.3, 0.4) is 0 Å². The van der Waals surface area contributed by atoms with Crippen LogP contribution >= 0.6 is 24.0 Å².